The minimum Gasteiger partial charge on any atom is -0.469 e. The molecule has 5 nitrogen and oxygen atoms in total. The van der Waals surface area contributed by atoms with Gasteiger partial charge in [-0.2, -0.15) is 0 Å². The predicted molar refractivity (Wildman–Crippen MR) is 116 cm³/mol. The Labute approximate surface area is 184 Å². The molecule has 1 aliphatic heterocycles. The number of aliphatic hydroxyl groups excluding tert-OH is 2. The Balaban J connectivity index is 1.47. The number of aryl methyl sites for hydroxylation is 1. The number of halogens is 1. The van der Waals surface area contributed by atoms with Crippen molar-refractivity contribution in [2.75, 3.05) is 13.7 Å². The monoisotopic (exact) mass is 434 g/mol. The van der Waals surface area contributed by atoms with E-state index in [1.807, 2.05) is 6.08 Å². The number of fused-ring (bicyclic) bond motifs is 1. The average Bonchev–Trinajstić information content (AvgIpc) is 2.93. The van der Waals surface area contributed by atoms with Gasteiger partial charge in [-0.05, 0) is 68.1 Å². The van der Waals surface area contributed by atoms with Crippen LogP contribution in [-0.4, -0.2) is 48.2 Å². The molecular weight excluding hydrogens is 399 g/mol. The van der Waals surface area contributed by atoms with Gasteiger partial charge in [0.1, 0.15) is 5.82 Å². The summed E-state index contributed by atoms with van der Waals surface area (Å²) in [5, 5.41) is 20.9. The van der Waals surface area contributed by atoms with E-state index in [1.165, 1.54) is 19.2 Å². The molecule has 0 amide bonds. The number of ether oxygens (including phenoxy) is 2. The van der Waals surface area contributed by atoms with E-state index in [1.54, 1.807) is 18.2 Å². The fraction of sp³-hybridized carbons (Fsp3) is 0.640. The van der Waals surface area contributed by atoms with Crippen LogP contribution in [0.5, 0.6) is 0 Å². The summed E-state index contributed by atoms with van der Waals surface area (Å²) in [7, 11) is 1.41. The van der Waals surface area contributed by atoms with Gasteiger partial charge in [-0.3, -0.25) is 4.79 Å². The molecule has 0 spiro atoms. The molecule has 2 fully saturated rings. The molecule has 0 bridgehead atoms. The molecule has 1 saturated heterocycles. The second-order valence-corrected chi connectivity index (χ2v) is 8.95. The second kappa shape index (κ2) is 11.7. The molecule has 0 radical (unpaired) electrons. The van der Waals surface area contributed by atoms with Gasteiger partial charge in [-0.25, -0.2) is 4.39 Å². The number of hydrogen-bond acceptors (Lipinski definition) is 5. The summed E-state index contributed by atoms with van der Waals surface area (Å²) in [6.45, 7) is 0.672. The lowest BCUT2D eigenvalue weighted by Crippen LogP contribution is -2.21. The topological polar surface area (TPSA) is 76.0 Å². The summed E-state index contributed by atoms with van der Waals surface area (Å²) in [5.74, 6) is 0.238. The maximum absolute atomic E-state index is 13.0. The predicted octanol–water partition coefficient (Wildman–Crippen LogP) is 3.81. The first-order valence-electron chi connectivity index (χ1n) is 11.4. The van der Waals surface area contributed by atoms with Gasteiger partial charge >= 0.3 is 5.97 Å². The van der Waals surface area contributed by atoms with Crippen LogP contribution in [0, 0.1) is 23.6 Å². The molecule has 1 heterocycles. The molecule has 31 heavy (non-hydrogen) atoms. The SMILES string of the molecule is COC(=O)CCC[C@H]1CC[C@@H]2[C@@H](/C=C/[C@@H](O)CCc3ccc(F)cc3)[C@H](O)C[C@@H]2OC1. The summed E-state index contributed by atoms with van der Waals surface area (Å²) in [5.41, 5.74) is 0.991. The zero-order chi connectivity index (χ0) is 22.2. The molecule has 172 valence electrons. The van der Waals surface area contributed by atoms with Crippen LogP contribution in [0.4, 0.5) is 4.39 Å². The smallest absolute Gasteiger partial charge is 0.305 e. The van der Waals surface area contributed by atoms with E-state index in [0.717, 1.165) is 31.2 Å². The van der Waals surface area contributed by atoms with Crippen molar-refractivity contribution in [2.45, 2.75) is 69.7 Å². The zero-order valence-corrected chi connectivity index (χ0v) is 18.3. The van der Waals surface area contributed by atoms with Crippen molar-refractivity contribution in [3.8, 4) is 0 Å². The lowest BCUT2D eigenvalue weighted by molar-refractivity contribution is -0.140. The summed E-state index contributed by atoms with van der Waals surface area (Å²) in [4.78, 5) is 11.3. The number of carbonyl (C=O) groups excluding carboxylic acids is 1. The standard InChI is InChI=1S/C25H35FO5/c1-30-25(29)4-2-3-18-8-13-22-21(23(28)15-24(22)31-16-18)14-12-20(27)11-7-17-5-9-19(26)10-6-17/h5-6,9-10,12,14,18,20-24,27-28H,2-4,7-8,11,13,15-16H2,1H3/b14-12+/t18-,20-,21+,22+,23+,24-/m0/s1. The molecular formula is C25H35FO5. The van der Waals surface area contributed by atoms with Crippen molar-refractivity contribution >= 4 is 5.97 Å². The Morgan fingerprint density at radius 1 is 1.32 bits per heavy atom. The van der Waals surface area contributed by atoms with E-state index in [-0.39, 0.29) is 29.7 Å². The van der Waals surface area contributed by atoms with Crippen LogP contribution in [0.3, 0.4) is 0 Å². The van der Waals surface area contributed by atoms with Gasteiger partial charge in [0.05, 0.1) is 25.4 Å². The molecule has 0 aromatic heterocycles. The van der Waals surface area contributed by atoms with Gasteiger partial charge in [0.15, 0.2) is 0 Å². The van der Waals surface area contributed by atoms with Crippen LogP contribution in [0.2, 0.25) is 0 Å². The van der Waals surface area contributed by atoms with Crippen LogP contribution in [0.25, 0.3) is 0 Å². The first-order valence-corrected chi connectivity index (χ1v) is 11.4. The second-order valence-electron chi connectivity index (χ2n) is 8.95. The van der Waals surface area contributed by atoms with E-state index >= 15 is 0 Å². The Morgan fingerprint density at radius 2 is 2.10 bits per heavy atom. The van der Waals surface area contributed by atoms with Crippen molar-refractivity contribution < 1.29 is 28.9 Å². The first-order chi connectivity index (χ1) is 15.0. The minimum atomic E-state index is -0.603. The molecule has 1 aliphatic carbocycles. The van der Waals surface area contributed by atoms with Crippen molar-refractivity contribution in [3.63, 3.8) is 0 Å². The van der Waals surface area contributed by atoms with Crippen molar-refractivity contribution in [3.05, 3.63) is 47.8 Å². The zero-order valence-electron chi connectivity index (χ0n) is 18.3. The Morgan fingerprint density at radius 3 is 2.84 bits per heavy atom. The minimum absolute atomic E-state index is 0.0145. The number of hydrogen-bond donors (Lipinski definition) is 2. The number of esters is 1. The number of benzene rings is 1. The van der Waals surface area contributed by atoms with E-state index < -0.39 is 12.2 Å². The highest BCUT2D eigenvalue weighted by Crippen LogP contribution is 2.42. The highest BCUT2D eigenvalue weighted by atomic mass is 19.1. The molecule has 1 saturated carbocycles. The average molecular weight is 435 g/mol. The highest BCUT2D eigenvalue weighted by molar-refractivity contribution is 5.68. The highest BCUT2D eigenvalue weighted by Gasteiger charge is 2.43. The number of methoxy groups -OCH3 is 1. The Bertz CT molecular complexity index is 719. The van der Waals surface area contributed by atoms with Gasteiger partial charge in [-0.1, -0.05) is 24.3 Å². The molecule has 1 aromatic rings. The van der Waals surface area contributed by atoms with Crippen molar-refractivity contribution in [1.29, 1.82) is 0 Å². The van der Waals surface area contributed by atoms with Crippen LogP contribution < -0.4 is 0 Å². The third kappa shape index (κ3) is 7.13. The molecule has 6 heteroatoms. The maximum Gasteiger partial charge on any atom is 0.305 e. The Hall–Kier alpha value is -1.76. The summed E-state index contributed by atoms with van der Waals surface area (Å²) >= 11 is 0. The molecule has 2 aliphatic rings. The molecule has 6 atom stereocenters. The van der Waals surface area contributed by atoms with Gasteiger partial charge in [0, 0.05) is 25.4 Å². The lowest BCUT2D eigenvalue weighted by Gasteiger charge is -2.21. The third-order valence-corrected chi connectivity index (χ3v) is 6.76. The van der Waals surface area contributed by atoms with Crippen molar-refractivity contribution in [1.82, 2.24) is 0 Å². The lowest BCUT2D eigenvalue weighted by atomic mass is 9.86. The van der Waals surface area contributed by atoms with Crippen LogP contribution in [0.15, 0.2) is 36.4 Å². The molecule has 0 unspecified atom stereocenters. The number of rotatable bonds is 9. The Kier molecular flexibility index (Phi) is 9.05. The van der Waals surface area contributed by atoms with E-state index in [9.17, 15) is 19.4 Å². The van der Waals surface area contributed by atoms with Gasteiger partial charge in [-0.15, -0.1) is 0 Å². The first kappa shape index (κ1) is 23.9. The van der Waals surface area contributed by atoms with Crippen LogP contribution in [-0.2, 0) is 20.7 Å². The number of aliphatic hydroxyl groups is 2. The summed E-state index contributed by atoms with van der Waals surface area (Å²) in [6, 6.07) is 6.34. The number of carbonyl (C=O) groups is 1. The molecule has 2 N–H and O–H groups in total. The molecule has 3 rings (SSSR count). The third-order valence-electron chi connectivity index (χ3n) is 6.76. The summed E-state index contributed by atoms with van der Waals surface area (Å²) in [6.07, 6.45) is 8.79. The van der Waals surface area contributed by atoms with Crippen LogP contribution >= 0.6 is 0 Å². The van der Waals surface area contributed by atoms with Gasteiger partial charge < -0.3 is 19.7 Å². The van der Waals surface area contributed by atoms with E-state index in [4.69, 9.17) is 9.47 Å². The summed E-state index contributed by atoms with van der Waals surface area (Å²) < 4.78 is 23.8. The van der Waals surface area contributed by atoms with Gasteiger partial charge in [0.25, 0.3) is 0 Å². The van der Waals surface area contributed by atoms with Crippen molar-refractivity contribution in [2.24, 2.45) is 17.8 Å². The largest absolute Gasteiger partial charge is 0.469 e. The van der Waals surface area contributed by atoms with E-state index in [2.05, 4.69) is 0 Å². The normalized spacial score (nSPS) is 29.5. The van der Waals surface area contributed by atoms with E-state index in [0.29, 0.717) is 38.2 Å². The maximum atomic E-state index is 13.0. The fourth-order valence-electron chi connectivity index (χ4n) is 4.90. The fourth-order valence-corrected chi connectivity index (χ4v) is 4.90. The quantitative estimate of drug-likeness (QED) is 0.457. The van der Waals surface area contributed by atoms with Crippen LogP contribution in [0.1, 0.15) is 50.5 Å². The van der Waals surface area contributed by atoms with Gasteiger partial charge in [0.2, 0.25) is 0 Å². The molecule has 1 aromatic carbocycles.